The molecule has 4 heterocycles. The Hall–Kier alpha value is -4.22. The molecule has 2 aromatic carbocycles. The van der Waals surface area contributed by atoms with Crippen LogP contribution in [0.25, 0.3) is 33.6 Å². The number of amides is 2. The van der Waals surface area contributed by atoms with E-state index in [4.69, 9.17) is 42.6 Å². The van der Waals surface area contributed by atoms with Crippen molar-refractivity contribution in [2.24, 2.45) is 0 Å². The number of halogens is 2. The molecule has 0 saturated carbocycles. The van der Waals surface area contributed by atoms with Crippen LogP contribution in [0.3, 0.4) is 0 Å². The summed E-state index contributed by atoms with van der Waals surface area (Å²) in [6.45, 7) is 3.94. The van der Waals surface area contributed by atoms with Gasteiger partial charge in [0.1, 0.15) is 0 Å². The minimum Gasteiger partial charge on any atom is -0.481 e. The second-order valence-corrected chi connectivity index (χ2v) is 13.1. The van der Waals surface area contributed by atoms with Gasteiger partial charge in [-0.05, 0) is 38.0 Å². The van der Waals surface area contributed by atoms with Gasteiger partial charge in [0.25, 0.3) is 0 Å². The van der Waals surface area contributed by atoms with Gasteiger partial charge in [0.05, 0.1) is 35.7 Å². The fourth-order valence-corrected chi connectivity index (χ4v) is 7.02. The Labute approximate surface area is 296 Å². The molecule has 256 valence electrons. The quantitative estimate of drug-likeness (QED) is 0.132. The molecule has 12 heteroatoms. The summed E-state index contributed by atoms with van der Waals surface area (Å²) in [5.74, 6) is 1.19. The molecule has 2 amide bonds. The lowest BCUT2D eigenvalue weighted by Crippen LogP contribution is -2.36. The van der Waals surface area contributed by atoms with Crippen LogP contribution in [0.1, 0.15) is 49.8 Å². The van der Waals surface area contributed by atoms with Gasteiger partial charge >= 0.3 is 0 Å². The minimum absolute atomic E-state index is 0.0453. The van der Waals surface area contributed by atoms with E-state index >= 15 is 0 Å². The molecule has 10 nitrogen and oxygen atoms in total. The summed E-state index contributed by atoms with van der Waals surface area (Å²) in [5.41, 5.74) is 6.16. The van der Waals surface area contributed by atoms with Crippen molar-refractivity contribution in [1.82, 2.24) is 31.2 Å². The molecule has 49 heavy (non-hydrogen) atoms. The van der Waals surface area contributed by atoms with E-state index in [1.54, 1.807) is 14.2 Å². The van der Waals surface area contributed by atoms with Crippen LogP contribution in [-0.4, -0.2) is 61.2 Å². The van der Waals surface area contributed by atoms with Crippen LogP contribution in [0.4, 0.5) is 0 Å². The van der Waals surface area contributed by atoms with E-state index in [0.717, 1.165) is 46.2 Å². The van der Waals surface area contributed by atoms with Crippen molar-refractivity contribution in [3.8, 4) is 45.4 Å². The van der Waals surface area contributed by atoms with Gasteiger partial charge < -0.3 is 30.7 Å². The average molecular weight is 704 g/mol. The number of ether oxygens (including phenoxy) is 2. The van der Waals surface area contributed by atoms with Crippen molar-refractivity contribution in [1.29, 1.82) is 0 Å². The molecule has 0 bridgehead atoms. The molecular weight excluding hydrogens is 663 g/mol. The van der Waals surface area contributed by atoms with E-state index in [9.17, 15) is 9.59 Å². The van der Waals surface area contributed by atoms with E-state index in [1.165, 1.54) is 0 Å². The highest BCUT2D eigenvalue weighted by molar-refractivity contribution is 6.39. The number of methoxy groups -OCH3 is 2. The molecule has 6 rings (SSSR count). The molecule has 2 aromatic heterocycles. The largest absolute Gasteiger partial charge is 0.481 e. The van der Waals surface area contributed by atoms with Crippen molar-refractivity contribution in [2.75, 3.05) is 27.3 Å². The molecule has 0 unspecified atom stereocenters. The molecule has 2 fully saturated rings. The first-order valence-corrected chi connectivity index (χ1v) is 17.2. The Kier molecular flexibility index (Phi) is 11.0. The highest BCUT2D eigenvalue weighted by Gasteiger charge is 2.24. The van der Waals surface area contributed by atoms with Gasteiger partial charge in [0.15, 0.2) is 0 Å². The molecular formula is C37H40Cl2N6O4. The monoisotopic (exact) mass is 702 g/mol. The molecule has 0 aliphatic carbocycles. The summed E-state index contributed by atoms with van der Waals surface area (Å²) in [6, 6.07) is 19.6. The summed E-state index contributed by atoms with van der Waals surface area (Å²) in [5, 5.41) is 13.9. The number of hydrogen-bond acceptors (Lipinski definition) is 8. The number of carbonyl (C=O) groups is 2. The molecule has 2 saturated heterocycles. The summed E-state index contributed by atoms with van der Waals surface area (Å²) < 4.78 is 11.4. The maximum Gasteiger partial charge on any atom is 0.220 e. The van der Waals surface area contributed by atoms with Crippen LogP contribution in [0.5, 0.6) is 11.8 Å². The second kappa shape index (κ2) is 15.6. The zero-order valence-corrected chi connectivity index (χ0v) is 29.3. The number of nitrogens with one attached hydrogen (secondary N) is 4. The van der Waals surface area contributed by atoms with E-state index in [2.05, 4.69) is 21.3 Å². The smallest absolute Gasteiger partial charge is 0.220 e. The normalized spacial score (nSPS) is 17.9. The summed E-state index contributed by atoms with van der Waals surface area (Å²) in [4.78, 5) is 32.7. The summed E-state index contributed by atoms with van der Waals surface area (Å²) >= 11 is 14.2. The van der Waals surface area contributed by atoms with Crippen LogP contribution in [0, 0.1) is 0 Å². The number of aromatic nitrogens is 2. The predicted octanol–water partition coefficient (Wildman–Crippen LogP) is 6.10. The molecule has 2 aliphatic heterocycles. The third-order valence-corrected chi connectivity index (χ3v) is 9.88. The van der Waals surface area contributed by atoms with Gasteiger partial charge in [-0.3, -0.25) is 9.59 Å². The second-order valence-electron chi connectivity index (χ2n) is 12.4. The summed E-state index contributed by atoms with van der Waals surface area (Å²) in [6.07, 6.45) is 2.80. The first-order chi connectivity index (χ1) is 23.7. The predicted molar refractivity (Wildman–Crippen MR) is 192 cm³/mol. The first kappa shape index (κ1) is 34.6. The number of rotatable bonds is 13. The highest BCUT2D eigenvalue weighted by Crippen LogP contribution is 2.42. The fraction of sp³-hybridized carbons (Fsp3) is 0.351. The van der Waals surface area contributed by atoms with Crippen molar-refractivity contribution in [3.63, 3.8) is 0 Å². The van der Waals surface area contributed by atoms with Crippen LogP contribution >= 0.6 is 23.2 Å². The van der Waals surface area contributed by atoms with Gasteiger partial charge in [-0.2, -0.15) is 0 Å². The van der Waals surface area contributed by atoms with Gasteiger partial charge in [0.2, 0.25) is 23.6 Å². The van der Waals surface area contributed by atoms with Crippen molar-refractivity contribution in [3.05, 3.63) is 81.8 Å². The fourth-order valence-electron chi connectivity index (χ4n) is 6.37. The lowest BCUT2D eigenvalue weighted by molar-refractivity contribution is -0.120. The van der Waals surface area contributed by atoms with Crippen molar-refractivity contribution >= 4 is 35.0 Å². The molecule has 4 N–H and O–H groups in total. The number of benzene rings is 2. The number of pyridine rings is 2. The van der Waals surface area contributed by atoms with Crippen LogP contribution in [0.15, 0.2) is 60.7 Å². The highest BCUT2D eigenvalue weighted by atomic mass is 35.5. The van der Waals surface area contributed by atoms with Crippen molar-refractivity contribution < 1.29 is 19.1 Å². The van der Waals surface area contributed by atoms with E-state index in [0.29, 0.717) is 65.7 Å². The Balaban J connectivity index is 1.22. The minimum atomic E-state index is -0.0453. The van der Waals surface area contributed by atoms with Gasteiger partial charge in [0, 0.05) is 84.0 Å². The molecule has 2 aliphatic rings. The van der Waals surface area contributed by atoms with Crippen LogP contribution < -0.4 is 30.7 Å². The lowest BCUT2D eigenvalue weighted by Gasteiger charge is -2.20. The number of nitrogens with zero attached hydrogens (tertiary/aromatic N) is 2. The van der Waals surface area contributed by atoms with E-state index < -0.39 is 0 Å². The molecule has 0 spiro atoms. The number of carbonyl (C=O) groups excluding carboxylic acids is 2. The Morgan fingerprint density at radius 1 is 0.755 bits per heavy atom. The SMILES string of the molecule is COc1nc(-c2cccc(-c3cccc(-c4ccc([C@@H](C)NC[C@@H]5CCC(=O)N5)c(OC)n4)c3Cl)c2Cl)ccc1CNC[C@@H]1CCC(=O)N1. The summed E-state index contributed by atoms with van der Waals surface area (Å²) in [7, 11) is 3.20. The lowest BCUT2D eigenvalue weighted by atomic mass is 9.97. The standard InChI is InChI=1S/C37H40Cl2N6O4/c1-21(41-20-24-12-17-33(47)43-24)25-13-15-31(45-37(25)49-3)29-9-5-7-27(35(29)39)26-6-4-8-28(34(26)38)30-14-10-22(36(44-30)48-2)18-40-19-23-11-16-32(46)42-23/h4-10,13-15,21,23-24,40-41H,11-12,16-20H2,1-3H3,(H,42,46)(H,43,47)/t21-,23+,24+/m1/s1. The van der Waals surface area contributed by atoms with Crippen LogP contribution in [0.2, 0.25) is 10.0 Å². The Bertz CT molecular complexity index is 1850. The van der Waals surface area contributed by atoms with E-state index in [-0.39, 0.29) is 29.9 Å². The zero-order chi connectivity index (χ0) is 34.5. The molecule has 3 atom stereocenters. The maximum absolute atomic E-state index is 11.6. The van der Waals surface area contributed by atoms with E-state index in [1.807, 2.05) is 67.6 Å². The van der Waals surface area contributed by atoms with Crippen LogP contribution in [-0.2, 0) is 16.1 Å². The van der Waals surface area contributed by atoms with Gasteiger partial charge in [-0.1, -0.05) is 65.7 Å². The third-order valence-electron chi connectivity index (χ3n) is 9.07. The van der Waals surface area contributed by atoms with Crippen molar-refractivity contribution in [2.45, 2.75) is 57.3 Å². The molecule has 0 radical (unpaired) electrons. The number of hydrogen-bond donors (Lipinski definition) is 4. The van der Waals surface area contributed by atoms with Gasteiger partial charge in [-0.15, -0.1) is 0 Å². The Morgan fingerprint density at radius 2 is 1.29 bits per heavy atom. The Morgan fingerprint density at radius 3 is 1.84 bits per heavy atom. The third kappa shape index (κ3) is 7.83. The average Bonchev–Trinajstić information content (AvgIpc) is 3.74. The first-order valence-electron chi connectivity index (χ1n) is 16.5. The zero-order valence-electron chi connectivity index (χ0n) is 27.7. The maximum atomic E-state index is 11.6. The van der Waals surface area contributed by atoms with Gasteiger partial charge in [-0.25, -0.2) is 9.97 Å². The topological polar surface area (TPSA) is 126 Å². The molecule has 4 aromatic rings.